The Morgan fingerprint density at radius 3 is 2.47 bits per heavy atom. The number of fused-ring (bicyclic) bond motifs is 1. The molecule has 2 heterocycles. The highest BCUT2D eigenvalue weighted by atomic mass is 16.1. The second-order valence-corrected chi connectivity index (χ2v) is 4.69. The molecule has 0 radical (unpaired) electrons. The molecule has 19 heavy (non-hydrogen) atoms. The van der Waals surface area contributed by atoms with Gasteiger partial charge in [-0.25, -0.2) is 4.98 Å². The summed E-state index contributed by atoms with van der Waals surface area (Å²) in [6, 6.07) is 14.0. The van der Waals surface area contributed by atoms with Gasteiger partial charge in [-0.1, -0.05) is 35.9 Å². The van der Waals surface area contributed by atoms with Gasteiger partial charge in [0, 0.05) is 11.3 Å². The maximum absolute atomic E-state index is 11.2. The van der Waals surface area contributed by atoms with Crippen molar-refractivity contribution in [3.63, 3.8) is 0 Å². The van der Waals surface area contributed by atoms with Crippen molar-refractivity contribution in [3.8, 4) is 11.4 Å². The lowest BCUT2D eigenvalue weighted by Crippen LogP contribution is -1.93. The lowest BCUT2D eigenvalue weighted by atomic mass is 10.1. The number of nitrogens with zero attached hydrogens (tertiary/aromatic N) is 2. The molecule has 3 rings (SSSR count). The highest BCUT2D eigenvalue weighted by molar-refractivity contribution is 5.86. The van der Waals surface area contributed by atoms with Gasteiger partial charge in [-0.05, 0) is 26.0 Å². The Morgan fingerprint density at radius 2 is 1.79 bits per heavy atom. The number of hydrogen-bond donors (Lipinski definition) is 0. The van der Waals surface area contributed by atoms with Crippen LogP contribution in [0.25, 0.3) is 16.9 Å². The van der Waals surface area contributed by atoms with Crippen molar-refractivity contribution in [1.82, 2.24) is 9.38 Å². The molecule has 0 bridgehead atoms. The Balaban J connectivity index is 2.35. The maximum atomic E-state index is 11.2. The van der Waals surface area contributed by atoms with Gasteiger partial charge in [0.1, 0.15) is 11.5 Å². The molecule has 3 nitrogen and oxygen atoms in total. The molecule has 0 aliphatic heterocycles. The molecule has 3 heteroatoms. The molecule has 0 spiro atoms. The molecular formula is C16H14N2O. The van der Waals surface area contributed by atoms with Gasteiger partial charge in [-0.2, -0.15) is 0 Å². The molecule has 0 saturated heterocycles. The minimum Gasteiger partial charge on any atom is -0.296 e. The number of pyridine rings is 1. The second kappa shape index (κ2) is 4.35. The van der Waals surface area contributed by atoms with Crippen LogP contribution in [-0.2, 0) is 0 Å². The van der Waals surface area contributed by atoms with Gasteiger partial charge in [0.2, 0.25) is 0 Å². The summed E-state index contributed by atoms with van der Waals surface area (Å²) >= 11 is 0. The second-order valence-electron chi connectivity index (χ2n) is 4.69. The zero-order valence-corrected chi connectivity index (χ0v) is 10.9. The summed E-state index contributed by atoms with van der Waals surface area (Å²) in [6.07, 6.45) is 0.812. The van der Waals surface area contributed by atoms with Crippen LogP contribution >= 0.6 is 0 Å². The number of hydrogen-bond acceptors (Lipinski definition) is 2. The normalized spacial score (nSPS) is 10.8. The van der Waals surface area contributed by atoms with Crippen LogP contribution in [0.15, 0.2) is 42.5 Å². The summed E-state index contributed by atoms with van der Waals surface area (Å²) in [5, 5.41) is 0. The van der Waals surface area contributed by atoms with Gasteiger partial charge in [0.15, 0.2) is 6.29 Å². The first-order valence-corrected chi connectivity index (χ1v) is 6.21. The van der Waals surface area contributed by atoms with Crippen LogP contribution in [0, 0.1) is 13.8 Å². The number of aldehydes is 1. The van der Waals surface area contributed by atoms with Crippen molar-refractivity contribution in [2.75, 3.05) is 0 Å². The van der Waals surface area contributed by atoms with E-state index in [4.69, 9.17) is 0 Å². The minimum atomic E-state index is 0.485. The minimum absolute atomic E-state index is 0.485. The number of imidazole rings is 1. The molecule has 0 aliphatic carbocycles. The third kappa shape index (κ3) is 1.83. The van der Waals surface area contributed by atoms with Gasteiger partial charge in [0.05, 0.1) is 5.52 Å². The predicted molar refractivity (Wildman–Crippen MR) is 75.5 cm³/mol. The average molecular weight is 250 g/mol. The van der Waals surface area contributed by atoms with Crippen molar-refractivity contribution in [2.45, 2.75) is 13.8 Å². The summed E-state index contributed by atoms with van der Waals surface area (Å²) in [7, 11) is 0. The Bertz CT molecular complexity index is 754. The topological polar surface area (TPSA) is 34.4 Å². The molecule has 0 saturated carbocycles. The highest BCUT2D eigenvalue weighted by Gasteiger charge is 2.13. The molecular weight excluding hydrogens is 236 g/mol. The monoisotopic (exact) mass is 250 g/mol. The van der Waals surface area contributed by atoms with E-state index in [1.165, 1.54) is 5.56 Å². The zero-order chi connectivity index (χ0) is 13.4. The quantitative estimate of drug-likeness (QED) is 0.653. The molecule has 3 aromatic rings. The van der Waals surface area contributed by atoms with Crippen LogP contribution in [-0.4, -0.2) is 15.7 Å². The highest BCUT2D eigenvalue weighted by Crippen LogP contribution is 2.24. The van der Waals surface area contributed by atoms with E-state index in [0.29, 0.717) is 5.69 Å². The molecule has 0 unspecified atom stereocenters. The van der Waals surface area contributed by atoms with E-state index in [-0.39, 0.29) is 0 Å². The van der Waals surface area contributed by atoms with E-state index in [1.807, 2.05) is 41.7 Å². The number of benzene rings is 1. The van der Waals surface area contributed by atoms with Crippen molar-refractivity contribution < 1.29 is 4.79 Å². The van der Waals surface area contributed by atoms with Crippen LogP contribution in [0.1, 0.15) is 21.7 Å². The Kier molecular flexibility index (Phi) is 2.67. The van der Waals surface area contributed by atoms with Gasteiger partial charge in [-0.3, -0.25) is 9.20 Å². The molecule has 94 valence electrons. The standard InChI is InChI=1S/C16H14N2O/c1-11-6-8-13(9-7-11)16-17-14(10-19)15-5-3-4-12(2)18(15)16/h3-10H,1-2H3. The van der Waals surface area contributed by atoms with Crippen molar-refractivity contribution in [2.24, 2.45) is 0 Å². The number of carbonyl (C=O) groups excluding carboxylic acids is 1. The van der Waals surface area contributed by atoms with E-state index in [2.05, 4.69) is 24.0 Å². The van der Waals surface area contributed by atoms with Crippen molar-refractivity contribution >= 4 is 11.8 Å². The molecule has 0 amide bonds. The van der Waals surface area contributed by atoms with Gasteiger partial charge < -0.3 is 0 Å². The Labute approximate surface area is 111 Å². The summed E-state index contributed by atoms with van der Waals surface area (Å²) < 4.78 is 2.02. The first-order chi connectivity index (χ1) is 9.20. The fraction of sp³-hybridized carbons (Fsp3) is 0.125. The number of carbonyl (C=O) groups is 1. The van der Waals surface area contributed by atoms with E-state index in [1.54, 1.807) is 0 Å². The van der Waals surface area contributed by atoms with Crippen LogP contribution in [0.4, 0.5) is 0 Å². The van der Waals surface area contributed by atoms with Crippen LogP contribution in [0.3, 0.4) is 0 Å². The van der Waals surface area contributed by atoms with Crippen molar-refractivity contribution in [3.05, 3.63) is 59.4 Å². The molecule has 2 aromatic heterocycles. The largest absolute Gasteiger partial charge is 0.296 e. The maximum Gasteiger partial charge on any atom is 0.170 e. The van der Waals surface area contributed by atoms with Crippen LogP contribution in [0.2, 0.25) is 0 Å². The Hall–Kier alpha value is -2.42. The molecule has 1 aromatic carbocycles. The van der Waals surface area contributed by atoms with Gasteiger partial charge in [-0.15, -0.1) is 0 Å². The lowest BCUT2D eigenvalue weighted by molar-refractivity contribution is 0.112. The summed E-state index contributed by atoms with van der Waals surface area (Å²) in [4.78, 5) is 15.6. The van der Waals surface area contributed by atoms with E-state index >= 15 is 0 Å². The fourth-order valence-corrected chi connectivity index (χ4v) is 2.30. The van der Waals surface area contributed by atoms with Gasteiger partial charge in [0.25, 0.3) is 0 Å². The summed E-state index contributed by atoms with van der Waals surface area (Å²) in [5.41, 5.74) is 4.62. The molecule has 0 fully saturated rings. The predicted octanol–water partition coefficient (Wildman–Crippen LogP) is 3.43. The van der Waals surface area contributed by atoms with E-state index < -0.39 is 0 Å². The third-order valence-corrected chi connectivity index (χ3v) is 3.31. The third-order valence-electron chi connectivity index (χ3n) is 3.31. The summed E-state index contributed by atoms with van der Waals surface area (Å²) in [5.74, 6) is 0.815. The fourth-order valence-electron chi connectivity index (χ4n) is 2.30. The van der Waals surface area contributed by atoms with Gasteiger partial charge >= 0.3 is 0 Å². The number of rotatable bonds is 2. The van der Waals surface area contributed by atoms with Crippen LogP contribution < -0.4 is 0 Å². The first kappa shape index (κ1) is 11.7. The first-order valence-electron chi connectivity index (χ1n) is 6.21. The summed E-state index contributed by atoms with van der Waals surface area (Å²) in [6.45, 7) is 4.07. The van der Waals surface area contributed by atoms with E-state index in [9.17, 15) is 4.79 Å². The van der Waals surface area contributed by atoms with Crippen LogP contribution in [0.5, 0.6) is 0 Å². The smallest absolute Gasteiger partial charge is 0.170 e. The average Bonchev–Trinajstić information content (AvgIpc) is 2.80. The number of aromatic nitrogens is 2. The molecule has 0 aliphatic rings. The Morgan fingerprint density at radius 1 is 1.05 bits per heavy atom. The lowest BCUT2D eigenvalue weighted by Gasteiger charge is -2.05. The van der Waals surface area contributed by atoms with E-state index in [0.717, 1.165) is 28.9 Å². The van der Waals surface area contributed by atoms with Crippen molar-refractivity contribution in [1.29, 1.82) is 0 Å². The molecule has 0 N–H and O–H groups in total. The molecule has 0 atom stereocenters. The number of aryl methyl sites for hydroxylation is 2. The SMILES string of the molecule is Cc1ccc(-c2nc(C=O)c3cccc(C)n23)cc1. The zero-order valence-electron chi connectivity index (χ0n) is 10.9.